The second kappa shape index (κ2) is 8.12. The van der Waals surface area contributed by atoms with Gasteiger partial charge in [0.1, 0.15) is 5.75 Å². The summed E-state index contributed by atoms with van der Waals surface area (Å²) in [6.45, 7) is 4.50. The number of hydrogen-bond donors (Lipinski definition) is 2. The van der Waals surface area contributed by atoms with E-state index in [0.29, 0.717) is 18.1 Å². The third kappa shape index (κ3) is 4.95. The maximum absolute atomic E-state index is 11.8. The zero-order chi connectivity index (χ0) is 16.7. The Morgan fingerprint density at radius 2 is 1.91 bits per heavy atom. The van der Waals surface area contributed by atoms with Crippen molar-refractivity contribution in [2.45, 2.75) is 26.3 Å². The van der Waals surface area contributed by atoms with E-state index in [1.54, 1.807) is 7.11 Å². The van der Waals surface area contributed by atoms with Crippen molar-refractivity contribution in [1.82, 2.24) is 15.3 Å². The van der Waals surface area contributed by atoms with E-state index in [1.807, 2.05) is 38.1 Å². The number of amides is 1. The number of nitrogens with one attached hydrogen (secondary N) is 2. The van der Waals surface area contributed by atoms with Gasteiger partial charge in [0.15, 0.2) is 0 Å². The number of methoxy groups -OCH3 is 1. The van der Waals surface area contributed by atoms with E-state index in [2.05, 4.69) is 20.6 Å². The molecule has 6 heteroatoms. The number of para-hydroxylation sites is 1. The van der Waals surface area contributed by atoms with Crippen molar-refractivity contribution in [2.75, 3.05) is 19.0 Å². The van der Waals surface area contributed by atoms with E-state index >= 15 is 0 Å². The van der Waals surface area contributed by atoms with Gasteiger partial charge in [-0.1, -0.05) is 18.2 Å². The van der Waals surface area contributed by atoms with Crippen LogP contribution < -0.4 is 15.4 Å². The first-order valence-electron chi connectivity index (χ1n) is 7.59. The highest BCUT2D eigenvalue weighted by molar-refractivity contribution is 5.93. The van der Waals surface area contributed by atoms with Gasteiger partial charge in [0.05, 0.1) is 12.7 Å². The third-order valence-corrected chi connectivity index (χ3v) is 3.20. The van der Waals surface area contributed by atoms with E-state index in [9.17, 15) is 4.79 Å². The summed E-state index contributed by atoms with van der Waals surface area (Å²) in [5.74, 6) is 1.21. The standard InChI is InChI=1S/C17H22N4O2/c1-12(2)21-16(22)14-10-19-17(20-11-14)18-9-8-13-6-4-5-7-15(13)23-3/h4-7,10-12H,8-9H2,1-3H3,(H,21,22)(H,18,19,20). The molecule has 0 atom stereocenters. The number of rotatable bonds is 7. The summed E-state index contributed by atoms with van der Waals surface area (Å²) in [6.07, 6.45) is 3.84. The van der Waals surface area contributed by atoms with Crippen LogP contribution >= 0.6 is 0 Å². The smallest absolute Gasteiger partial charge is 0.254 e. The van der Waals surface area contributed by atoms with E-state index < -0.39 is 0 Å². The van der Waals surface area contributed by atoms with Crippen molar-refractivity contribution in [2.24, 2.45) is 0 Å². The van der Waals surface area contributed by atoms with Gasteiger partial charge in [-0.15, -0.1) is 0 Å². The molecule has 0 saturated heterocycles. The highest BCUT2D eigenvalue weighted by Crippen LogP contribution is 2.17. The van der Waals surface area contributed by atoms with Gasteiger partial charge in [-0.3, -0.25) is 4.79 Å². The Morgan fingerprint density at radius 1 is 1.22 bits per heavy atom. The molecule has 0 bridgehead atoms. The molecule has 0 saturated carbocycles. The first-order chi connectivity index (χ1) is 11.1. The van der Waals surface area contributed by atoms with Crippen LogP contribution in [-0.4, -0.2) is 35.6 Å². The monoisotopic (exact) mass is 314 g/mol. The van der Waals surface area contributed by atoms with Gasteiger partial charge in [-0.05, 0) is 31.9 Å². The molecule has 0 aliphatic carbocycles. The topological polar surface area (TPSA) is 76.1 Å². The lowest BCUT2D eigenvalue weighted by Gasteiger charge is -2.10. The van der Waals surface area contributed by atoms with E-state index in [1.165, 1.54) is 12.4 Å². The third-order valence-electron chi connectivity index (χ3n) is 3.20. The zero-order valence-corrected chi connectivity index (χ0v) is 13.7. The molecule has 0 aliphatic rings. The van der Waals surface area contributed by atoms with Crippen molar-refractivity contribution in [3.63, 3.8) is 0 Å². The Balaban J connectivity index is 1.88. The van der Waals surface area contributed by atoms with Gasteiger partial charge in [-0.25, -0.2) is 9.97 Å². The molecule has 23 heavy (non-hydrogen) atoms. The van der Waals surface area contributed by atoms with Crippen LogP contribution in [0.3, 0.4) is 0 Å². The first kappa shape index (κ1) is 16.7. The summed E-state index contributed by atoms with van der Waals surface area (Å²) in [5.41, 5.74) is 1.57. The van der Waals surface area contributed by atoms with Crippen LogP contribution in [0.15, 0.2) is 36.7 Å². The molecule has 1 aromatic heterocycles. The fraction of sp³-hybridized carbons (Fsp3) is 0.353. The lowest BCUT2D eigenvalue weighted by molar-refractivity contribution is 0.0942. The lowest BCUT2D eigenvalue weighted by atomic mass is 10.1. The zero-order valence-electron chi connectivity index (χ0n) is 13.7. The maximum Gasteiger partial charge on any atom is 0.254 e. The van der Waals surface area contributed by atoms with Crippen LogP contribution in [0, 0.1) is 0 Å². The molecular formula is C17H22N4O2. The van der Waals surface area contributed by atoms with Gasteiger partial charge in [-0.2, -0.15) is 0 Å². The average Bonchev–Trinajstić information content (AvgIpc) is 2.55. The molecule has 122 valence electrons. The molecule has 1 aromatic carbocycles. The molecule has 0 radical (unpaired) electrons. The number of anilines is 1. The number of aromatic nitrogens is 2. The summed E-state index contributed by atoms with van der Waals surface area (Å²) in [5, 5.41) is 5.94. The fourth-order valence-corrected chi connectivity index (χ4v) is 2.10. The number of ether oxygens (including phenoxy) is 1. The van der Waals surface area contributed by atoms with Gasteiger partial charge in [0.2, 0.25) is 5.95 Å². The first-order valence-corrected chi connectivity index (χ1v) is 7.59. The number of hydrogen-bond acceptors (Lipinski definition) is 5. The minimum absolute atomic E-state index is 0.0844. The van der Waals surface area contributed by atoms with Crippen LogP contribution in [0.5, 0.6) is 5.75 Å². The fourth-order valence-electron chi connectivity index (χ4n) is 2.10. The summed E-state index contributed by atoms with van der Waals surface area (Å²) in [4.78, 5) is 20.1. The van der Waals surface area contributed by atoms with Gasteiger partial charge in [0.25, 0.3) is 5.91 Å². The van der Waals surface area contributed by atoms with Crippen LogP contribution in [0.25, 0.3) is 0 Å². The van der Waals surface area contributed by atoms with E-state index in [4.69, 9.17) is 4.74 Å². The highest BCUT2D eigenvalue weighted by atomic mass is 16.5. The van der Waals surface area contributed by atoms with Crippen molar-refractivity contribution < 1.29 is 9.53 Å². The molecule has 2 rings (SSSR count). The summed E-state index contributed by atoms with van der Waals surface area (Å²) in [6, 6.07) is 7.98. The molecule has 2 N–H and O–H groups in total. The largest absolute Gasteiger partial charge is 0.496 e. The molecule has 1 heterocycles. The van der Waals surface area contributed by atoms with E-state index in [0.717, 1.165) is 17.7 Å². The minimum atomic E-state index is -0.166. The second-order valence-corrected chi connectivity index (χ2v) is 5.41. The van der Waals surface area contributed by atoms with Crippen LogP contribution in [0.1, 0.15) is 29.8 Å². The normalized spacial score (nSPS) is 10.4. The van der Waals surface area contributed by atoms with Crippen LogP contribution in [0.2, 0.25) is 0 Å². The number of nitrogens with zero attached hydrogens (tertiary/aromatic N) is 2. The lowest BCUT2D eigenvalue weighted by Crippen LogP contribution is -2.30. The van der Waals surface area contributed by atoms with Crippen molar-refractivity contribution >= 4 is 11.9 Å². The van der Waals surface area contributed by atoms with Crippen molar-refractivity contribution in [3.8, 4) is 5.75 Å². The molecule has 0 spiro atoms. The van der Waals surface area contributed by atoms with Crippen LogP contribution in [-0.2, 0) is 6.42 Å². The van der Waals surface area contributed by atoms with Gasteiger partial charge in [0, 0.05) is 25.0 Å². The van der Waals surface area contributed by atoms with Crippen molar-refractivity contribution in [1.29, 1.82) is 0 Å². The van der Waals surface area contributed by atoms with Crippen LogP contribution in [0.4, 0.5) is 5.95 Å². The van der Waals surface area contributed by atoms with E-state index in [-0.39, 0.29) is 11.9 Å². The molecule has 1 amide bonds. The van der Waals surface area contributed by atoms with Gasteiger partial charge < -0.3 is 15.4 Å². The highest BCUT2D eigenvalue weighted by Gasteiger charge is 2.08. The summed E-state index contributed by atoms with van der Waals surface area (Å²) >= 11 is 0. The summed E-state index contributed by atoms with van der Waals surface area (Å²) in [7, 11) is 1.66. The molecular weight excluding hydrogens is 292 g/mol. The molecule has 0 unspecified atom stereocenters. The number of benzene rings is 1. The molecule has 6 nitrogen and oxygen atoms in total. The summed E-state index contributed by atoms with van der Waals surface area (Å²) < 4.78 is 5.32. The molecule has 2 aromatic rings. The minimum Gasteiger partial charge on any atom is -0.496 e. The predicted molar refractivity (Wildman–Crippen MR) is 89.8 cm³/mol. The van der Waals surface area contributed by atoms with Crippen molar-refractivity contribution in [3.05, 3.63) is 47.8 Å². The predicted octanol–water partition coefficient (Wildman–Crippen LogP) is 2.28. The Hall–Kier alpha value is -2.63. The Kier molecular flexibility index (Phi) is 5.91. The number of carbonyl (C=O) groups is 1. The Bertz CT molecular complexity index is 641. The average molecular weight is 314 g/mol. The Morgan fingerprint density at radius 3 is 2.57 bits per heavy atom. The second-order valence-electron chi connectivity index (χ2n) is 5.41. The molecule has 0 aliphatic heterocycles. The number of carbonyl (C=O) groups excluding carboxylic acids is 1. The molecule has 0 fully saturated rings. The SMILES string of the molecule is COc1ccccc1CCNc1ncc(C(=O)NC(C)C)cn1. The van der Waals surface area contributed by atoms with Gasteiger partial charge >= 0.3 is 0 Å². The maximum atomic E-state index is 11.8. The quantitative estimate of drug-likeness (QED) is 0.820. The Labute approximate surface area is 136 Å².